The van der Waals surface area contributed by atoms with E-state index in [2.05, 4.69) is 15.1 Å². The fraction of sp³-hybridized carbons (Fsp3) is 0.174. The van der Waals surface area contributed by atoms with Gasteiger partial charge in [-0.15, -0.1) is 0 Å². The van der Waals surface area contributed by atoms with Crippen molar-refractivity contribution in [3.05, 3.63) is 65.4 Å². The molecule has 1 aliphatic heterocycles. The molecule has 4 aromatic heterocycles. The Morgan fingerprint density at radius 3 is 2.94 bits per heavy atom. The SMILES string of the molecule is Cc1nc2c(o1)CCN(c1nc3c(-c4cnc5ccc(F)cc5c4)cnn3c(N)c1C=O)C2. The number of nitrogen functional groups attached to an aromatic ring is 1. The highest BCUT2D eigenvalue weighted by Crippen LogP contribution is 2.33. The number of carbonyl (C=O) groups excluding carboxylic acids is 1. The predicted molar refractivity (Wildman–Crippen MR) is 119 cm³/mol. The van der Waals surface area contributed by atoms with Gasteiger partial charge in [0, 0.05) is 42.6 Å². The number of oxazole rings is 1. The van der Waals surface area contributed by atoms with E-state index in [4.69, 9.17) is 15.1 Å². The molecule has 0 aliphatic carbocycles. The summed E-state index contributed by atoms with van der Waals surface area (Å²) in [5.74, 6) is 1.78. The molecule has 5 heterocycles. The molecule has 164 valence electrons. The Bertz CT molecular complexity index is 1570. The van der Waals surface area contributed by atoms with E-state index < -0.39 is 0 Å². The summed E-state index contributed by atoms with van der Waals surface area (Å²) < 4.78 is 20.8. The summed E-state index contributed by atoms with van der Waals surface area (Å²) in [5.41, 5.74) is 9.98. The molecule has 0 radical (unpaired) electrons. The molecule has 0 atom stereocenters. The minimum atomic E-state index is -0.339. The molecule has 5 aromatic rings. The summed E-state index contributed by atoms with van der Waals surface area (Å²) in [4.78, 5) is 27.6. The van der Waals surface area contributed by atoms with E-state index in [1.54, 1.807) is 18.5 Å². The number of aryl methyl sites for hydroxylation is 1. The van der Waals surface area contributed by atoms with Crippen LogP contribution in [0.2, 0.25) is 0 Å². The molecule has 33 heavy (non-hydrogen) atoms. The summed E-state index contributed by atoms with van der Waals surface area (Å²) in [6, 6.07) is 6.27. The topological polar surface area (TPSA) is 115 Å². The number of fused-ring (bicyclic) bond motifs is 3. The number of hydrogen-bond acceptors (Lipinski definition) is 8. The Balaban J connectivity index is 1.51. The van der Waals surface area contributed by atoms with E-state index in [0.717, 1.165) is 11.5 Å². The molecular weight excluding hydrogens is 425 g/mol. The maximum atomic E-state index is 13.7. The van der Waals surface area contributed by atoms with E-state index in [1.807, 2.05) is 17.9 Å². The minimum absolute atomic E-state index is 0.193. The standard InChI is InChI=1S/C23H18FN7O2/c1-12-28-19-10-30(5-4-20(19)33-12)22-17(11-32)21(25)31-23(29-22)16(9-27-31)14-6-13-7-15(24)2-3-18(13)26-8-14/h2-3,6-9,11H,4-5,10,25H2,1H3. The van der Waals surface area contributed by atoms with Crippen LogP contribution in [0.3, 0.4) is 0 Å². The molecule has 1 aliphatic rings. The lowest BCUT2D eigenvalue weighted by Gasteiger charge is -2.27. The molecule has 0 fully saturated rings. The highest BCUT2D eigenvalue weighted by atomic mass is 19.1. The molecule has 6 rings (SSSR count). The maximum Gasteiger partial charge on any atom is 0.191 e. The lowest BCUT2D eigenvalue weighted by molar-refractivity contribution is 0.112. The number of rotatable bonds is 3. The number of benzene rings is 1. The van der Waals surface area contributed by atoms with Gasteiger partial charge in [0.1, 0.15) is 28.9 Å². The Labute approximate surface area is 186 Å². The number of anilines is 2. The smallest absolute Gasteiger partial charge is 0.191 e. The first-order valence-corrected chi connectivity index (χ1v) is 10.4. The van der Waals surface area contributed by atoms with E-state index in [1.165, 1.54) is 16.6 Å². The third-order valence-corrected chi connectivity index (χ3v) is 5.91. The molecule has 10 heteroatoms. The largest absolute Gasteiger partial charge is 0.446 e. The van der Waals surface area contributed by atoms with Crippen LogP contribution >= 0.6 is 0 Å². The molecule has 1 aromatic carbocycles. The van der Waals surface area contributed by atoms with Crippen LogP contribution in [0.25, 0.3) is 27.7 Å². The predicted octanol–water partition coefficient (Wildman–Crippen LogP) is 3.34. The number of carbonyl (C=O) groups is 1. The minimum Gasteiger partial charge on any atom is -0.446 e. The van der Waals surface area contributed by atoms with Crippen molar-refractivity contribution in [2.45, 2.75) is 19.9 Å². The molecule has 0 spiro atoms. The summed E-state index contributed by atoms with van der Waals surface area (Å²) in [6.07, 6.45) is 4.65. The van der Waals surface area contributed by atoms with E-state index in [9.17, 15) is 9.18 Å². The Hall–Kier alpha value is -4.34. The third-order valence-electron chi connectivity index (χ3n) is 5.91. The summed E-state index contributed by atoms with van der Waals surface area (Å²) in [6.45, 7) is 2.87. The van der Waals surface area contributed by atoms with E-state index >= 15 is 0 Å². The van der Waals surface area contributed by atoms with Gasteiger partial charge in [-0.3, -0.25) is 9.78 Å². The number of aldehydes is 1. The Morgan fingerprint density at radius 2 is 2.09 bits per heavy atom. The number of halogens is 1. The lowest BCUT2D eigenvalue weighted by Crippen LogP contribution is -2.32. The van der Waals surface area contributed by atoms with Crippen molar-refractivity contribution < 1.29 is 13.6 Å². The van der Waals surface area contributed by atoms with Crippen LogP contribution in [-0.2, 0) is 13.0 Å². The Morgan fingerprint density at radius 1 is 1.21 bits per heavy atom. The summed E-state index contributed by atoms with van der Waals surface area (Å²) >= 11 is 0. The van der Waals surface area contributed by atoms with Crippen molar-refractivity contribution in [1.82, 2.24) is 24.6 Å². The second-order valence-corrected chi connectivity index (χ2v) is 7.98. The van der Waals surface area contributed by atoms with Crippen molar-refractivity contribution in [2.24, 2.45) is 0 Å². The van der Waals surface area contributed by atoms with Gasteiger partial charge in [0.05, 0.1) is 23.8 Å². The zero-order valence-corrected chi connectivity index (χ0v) is 17.6. The van der Waals surface area contributed by atoms with Crippen molar-refractivity contribution in [1.29, 1.82) is 0 Å². The van der Waals surface area contributed by atoms with Crippen LogP contribution in [0, 0.1) is 12.7 Å². The molecule has 2 N–H and O–H groups in total. The van der Waals surface area contributed by atoms with Gasteiger partial charge in [-0.05, 0) is 24.3 Å². The maximum absolute atomic E-state index is 13.7. The van der Waals surface area contributed by atoms with Gasteiger partial charge in [-0.1, -0.05) is 0 Å². The van der Waals surface area contributed by atoms with Crippen LogP contribution in [0.15, 0.2) is 41.1 Å². The Kier molecular flexibility index (Phi) is 4.16. The highest BCUT2D eigenvalue weighted by Gasteiger charge is 2.27. The molecule has 9 nitrogen and oxygen atoms in total. The van der Waals surface area contributed by atoms with Gasteiger partial charge in [0.15, 0.2) is 17.8 Å². The first-order valence-electron chi connectivity index (χ1n) is 10.4. The first-order chi connectivity index (χ1) is 16.0. The normalized spacial score (nSPS) is 13.6. The zero-order chi connectivity index (χ0) is 22.7. The second-order valence-electron chi connectivity index (χ2n) is 7.98. The van der Waals surface area contributed by atoms with E-state index in [0.29, 0.717) is 65.2 Å². The van der Waals surface area contributed by atoms with Crippen molar-refractivity contribution in [2.75, 3.05) is 17.2 Å². The fourth-order valence-electron chi connectivity index (χ4n) is 4.33. The van der Waals surface area contributed by atoms with Crippen LogP contribution in [0.4, 0.5) is 16.0 Å². The summed E-state index contributed by atoms with van der Waals surface area (Å²) in [5, 5.41) is 5.01. The van der Waals surface area contributed by atoms with Crippen molar-refractivity contribution in [3.8, 4) is 11.1 Å². The van der Waals surface area contributed by atoms with Gasteiger partial charge in [-0.2, -0.15) is 9.61 Å². The second kappa shape index (κ2) is 7.09. The monoisotopic (exact) mass is 443 g/mol. The number of nitrogens with zero attached hydrogens (tertiary/aromatic N) is 6. The molecule has 0 saturated carbocycles. The molecular formula is C23H18FN7O2. The first kappa shape index (κ1) is 19.4. The lowest BCUT2D eigenvalue weighted by atomic mass is 10.1. The molecule has 0 amide bonds. The van der Waals surface area contributed by atoms with Crippen molar-refractivity contribution in [3.63, 3.8) is 0 Å². The van der Waals surface area contributed by atoms with Crippen LogP contribution < -0.4 is 10.6 Å². The molecule has 0 unspecified atom stereocenters. The van der Waals surface area contributed by atoms with Gasteiger partial charge in [-0.25, -0.2) is 14.4 Å². The third kappa shape index (κ3) is 3.02. The average molecular weight is 443 g/mol. The van der Waals surface area contributed by atoms with Gasteiger partial charge < -0.3 is 15.1 Å². The van der Waals surface area contributed by atoms with Crippen LogP contribution in [-0.4, -0.2) is 37.4 Å². The highest BCUT2D eigenvalue weighted by molar-refractivity contribution is 5.93. The quantitative estimate of drug-likeness (QED) is 0.422. The van der Waals surface area contributed by atoms with Crippen molar-refractivity contribution >= 4 is 34.5 Å². The zero-order valence-electron chi connectivity index (χ0n) is 17.6. The number of nitrogens with two attached hydrogens (primary N) is 1. The van der Waals surface area contributed by atoms with Gasteiger partial charge in [0.2, 0.25) is 0 Å². The molecule has 0 saturated heterocycles. The van der Waals surface area contributed by atoms with Crippen LogP contribution in [0.5, 0.6) is 0 Å². The van der Waals surface area contributed by atoms with E-state index in [-0.39, 0.29) is 17.2 Å². The van der Waals surface area contributed by atoms with Gasteiger partial charge in [0.25, 0.3) is 0 Å². The average Bonchev–Trinajstić information content (AvgIpc) is 3.40. The van der Waals surface area contributed by atoms with Gasteiger partial charge >= 0.3 is 0 Å². The van der Waals surface area contributed by atoms with Crippen LogP contribution in [0.1, 0.15) is 27.7 Å². The summed E-state index contributed by atoms with van der Waals surface area (Å²) in [7, 11) is 0. The number of pyridine rings is 1. The number of hydrogen-bond donors (Lipinski definition) is 1. The molecule has 0 bridgehead atoms. The number of aromatic nitrogens is 5. The fourth-order valence-corrected chi connectivity index (χ4v) is 4.33.